The monoisotopic (exact) mass is 216 g/mol. The van der Waals surface area contributed by atoms with Crippen molar-refractivity contribution in [2.45, 2.75) is 13.8 Å². The minimum absolute atomic E-state index is 0.176. The molecule has 1 amide bonds. The fourth-order valence-electron chi connectivity index (χ4n) is 1.43. The molecule has 0 saturated heterocycles. The highest BCUT2D eigenvalue weighted by molar-refractivity contribution is 5.91. The normalized spacial score (nSPS) is 10.1. The smallest absolute Gasteiger partial charge is 0.239 e. The van der Waals surface area contributed by atoms with E-state index in [2.05, 4.69) is 10.5 Å². The SMILES string of the molecule is CC(=O)Nc1oncc1-c1ccc(C)cc1. The number of carbonyl (C=O) groups is 1. The molecular weight excluding hydrogens is 204 g/mol. The van der Waals surface area contributed by atoms with E-state index >= 15 is 0 Å². The molecule has 0 saturated carbocycles. The van der Waals surface area contributed by atoms with Gasteiger partial charge in [0.05, 0.1) is 11.8 Å². The van der Waals surface area contributed by atoms with Crippen molar-refractivity contribution in [1.29, 1.82) is 0 Å². The summed E-state index contributed by atoms with van der Waals surface area (Å²) < 4.78 is 4.98. The van der Waals surface area contributed by atoms with E-state index < -0.39 is 0 Å². The second-order valence-corrected chi connectivity index (χ2v) is 3.62. The molecule has 1 heterocycles. The lowest BCUT2D eigenvalue weighted by Gasteiger charge is -2.01. The number of hydrogen-bond acceptors (Lipinski definition) is 3. The summed E-state index contributed by atoms with van der Waals surface area (Å²) in [6, 6.07) is 7.93. The number of rotatable bonds is 2. The van der Waals surface area contributed by atoms with Crippen LogP contribution in [0, 0.1) is 6.92 Å². The van der Waals surface area contributed by atoms with Crippen LogP contribution in [0.15, 0.2) is 35.0 Å². The van der Waals surface area contributed by atoms with Gasteiger partial charge in [0.25, 0.3) is 0 Å². The molecule has 16 heavy (non-hydrogen) atoms. The van der Waals surface area contributed by atoms with Gasteiger partial charge in [0.2, 0.25) is 11.8 Å². The number of hydrogen-bond donors (Lipinski definition) is 1. The van der Waals surface area contributed by atoms with Crippen molar-refractivity contribution in [3.05, 3.63) is 36.0 Å². The zero-order chi connectivity index (χ0) is 11.5. The Bertz CT molecular complexity index is 500. The topological polar surface area (TPSA) is 55.1 Å². The van der Waals surface area contributed by atoms with Crippen molar-refractivity contribution in [1.82, 2.24) is 5.16 Å². The van der Waals surface area contributed by atoms with Crippen LogP contribution in [0.25, 0.3) is 11.1 Å². The molecule has 0 unspecified atom stereocenters. The molecule has 4 heteroatoms. The molecule has 82 valence electrons. The van der Waals surface area contributed by atoms with Gasteiger partial charge >= 0.3 is 0 Å². The Balaban J connectivity index is 2.36. The van der Waals surface area contributed by atoms with Gasteiger partial charge in [-0.05, 0) is 12.5 Å². The number of nitrogens with one attached hydrogen (secondary N) is 1. The first-order chi connectivity index (χ1) is 7.66. The number of aromatic nitrogens is 1. The van der Waals surface area contributed by atoms with Gasteiger partial charge in [-0.1, -0.05) is 35.0 Å². The molecule has 0 bridgehead atoms. The van der Waals surface area contributed by atoms with Crippen molar-refractivity contribution < 1.29 is 9.32 Å². The Morgan fingerprint density at radius 3 is 2.62 bits per heavy atom. The van der Waals surface area contributed by atoms with Gasteiger partial charge in [0.15, 0.2) is 0 Å². The Morgan fingerprint density at radius 1 is 1.31 bits per heavy atom. The van der Waals surface area contributed by atoms with Crippen LogP contribution in [0.5, 0.6) is 0 Å². The molecule has 1 N–H and O–H groups in total. The average molecular weight is 216 g/mol. The first-order valence-corrected chi connectivity index (χ1v) is 4.96. The Labute approximate surface area is 93.3 Å². The van der Waals surface area contributed by atoms with E-state index in [9.17, 15) is 4.79 Å². The lowest BCUT2D eigenvalue weighted by atomic mass is 10.1. The van der Waals surface area contributed by atoms with Crippen molar-refractivity contribution in [2.24, 2.45) is 0 Å². The minimum atomic E-state index is -0.176. The maximum Gasteiger partial charge on any atom is 0.239 e. The predicted molar refractivity (Wildman–Crippen MR) is 61.0 cm³/mol. The third-order valence-corrected chi connectivity index (χ3v) is 2.22. The molecule has 0 atom stereocenters. The van der Waals surface area contributed by atoms with E-state index in [4.69, 9.17) is 4.52 Å². The number of carbonyl (C=O) groups excluding carboxylic acids is 1. The van der Waals surface area contributed by atoms with Gasteiger partial charge in [-0.3, -0.25) is 10.1 Å². The third kappa shape index (κ3) is 2.11. The summed E-state index contributed by atoms with van der Waals surface area (Å²) in [5, 5.41) is 6.28. The largest absolute Gasteiger partial charge is 0.338 e. The highest BCUT2D eigenvalue weighted by atomic mass is 16.5. The van der Waals surface area contributed by atoms with E-state index in [-0.39, 0.29) is 5.91 Å². The van der Waals surface area contributed by atoms with Gasteiger partial charge in [-0.25, -0.2) is 0 Å². The average Bonchev–Trinajstić information content (AvgIpc) is 2.66. The van der Waals surface area contributed by atoms with E-state index in [1.54, 1.807) is 6.20 Å². The molecule has 0 radical (unpaired) electrons. The second kappa shape index (κ2) is 4.18. The molecule has 1 aromatic carbocycles. The van der Waals surface area contributed by atoms with Crippen LogP contribution in [-0.2, 0) is 4.79 Å². The molecule has 2 rings (SSSR count). The molecule has 2 aromatic rings. The Morgan fingerprint density at radius 2 is 2.00 bits per heavy atom. The summed E-state index contributed by atoms with van der Waals surface area (Å²) in [6.07, 6.45) is 1.59. The molecule has 0 aliphatic rings. The zero-order valence-electron chi connectivity index (χ0n) is 9.15. The van der Waals surface area contributed by atoms with Crippen LogP contribution in [-0.4, -0.2) is 11.1 Å². The lowest BCUT2D eigenvalue weighted by molar-refractivity contribution is -0.114. The van der Waals surface area contributed by atoms with Gasteiger partial charge in [0, 0.05) is 6.92 Å². The van der Waals surface area contributed by atoms with Crippen LogP contribution in [0.3, 0.4) is 0 Å². The van der Waals surface area contributed by atoms with Crippen molar-refractivity contribution in [3.8, 4) is 11.1 Å². The van der Waals surface area contributed by atoms with Crippen molar-refractivity contribution >= 4 is 11.8 Å². The van der Waals surface area contributed by atoms with Crippen LogP contribution >= 0.6 is 0 Å². The van der Waals surface area contributed by atoms with Gasteiger partial charge in [0.1, 0.15) is 0 Å². The van der Waals surface area contributed by atoms with Crippen LogP contribution < -0.4 is 5.32 Å². The highest BCUT2D eigenvalue weighted by Gasteiger charge is 2.10. The van der Waals surface area contributed by atoms with Crippen molar-refractivity contribution in [2.75, 3.05) is 5.32 Å². The van der Waals surface area contributed by atoms with Gasteiger partial charge in [-0.15, -0.1) is 0 Å². The highest BCUT2D eigenvalue weighted by Crippen LogP contribution is 2.27. The van der Waals surface area contributed by atoms with Crippen LogP contribution in [0.2, 0.25) is 0 Å². The molecule has 0 aliphatic heterocycles. The number of nitrogens with zero attached hydrogens (tertiary/aromatic N) is 1. The first kappa shape index (κ1) is 10.4. The van der Waals surface area contributed by atoms with E-state index in [1.807, 2.05) is 31.2 Å². The zero-order valence-corrected chi connectivity index (χ0v) is 9.15. The molecule has 0 spiro atoms. The van der Waals surface area contributed by atoms with E-state index in [0.717, 1.165) is 11.1 Å². The molecule has 0 fully saturated rings. The van der Waals surface area contributed by atoms with Gasteiger partial charge in [-0.2, -0.15) is 0 Å². The Kier molecular flexibility index (Phi) is 2.72. The minimum Gasteiger partial charge on any atom is -0.338 e. The quantitative estimate of drug-likeness (QED) is 0.839. The summed E-state index contributed by atoms with van der Waals surface area (Å²) in [5.41, 5.74) is 2.94. The standard InChI is InChI=1S/C12H12N2O2/c1-8-3-5-10(6-4-8)11-7-13-16-12(11)14-9(2)15/h3-7H,1-2H3,(H,14,15). The number of aryl methyl sites for hydroxylation is 1. The lowest BCUT2D eigenvalue weighted by Crippen LogP contribution is -2.05. The van der Waals surface area contributed by atoms with Gasteiger partial charge < -0.3 is 4.52 Å². The van der Waals surface area contributed by atoms with E-state index in [1.165, 1.54) is 12.5 Å². The summed E-state index contributed by atoms with van der Waals surface area (Å²) in [6.45, 7) is 3.45. The summed E-state index contributed by atoms with van der Waals surface area (Å²) in [7, 11) is 0. The summed E-state index contributed by atoms with van der Waals surface area (Å²) >= 11 is 0. The summed E-state index contributed by atoms with van der Waals surface area (Å²) in [4.78, 5) is 10.9. The number of anilines is 1. The number of benzene rings is 1. The van der Waals surface area contributed by atoms with E-state index in [0.29, 0.717) is 5.88 Å². The first-order valence-electron chi connectivity index (χ1n) is 4.96. The molecule has 0 aliphatic carbocycles. The maximum atomic E-state index is 10.9. The van der Waals surface area contributed by atoms with Crippen LogP contribution in [0.4, 0.5) is 5.88 Å². The van der Waals surface area contributed by atoms with Crippen LogP contribution in [0.1, 0.15) is 12.5 Å². The second-order valence-electron chi connectivity index (χ2n) is 3.62. The fourth-order valence-corrected chi connectivity index (χ4v) is 1.43. The summed E-state index contributed by atoms with van der Waals surface area (Å²) in [5.74, 6) is 0.210. The molecular formula is C12H12N2O2. The van der Waals surface area contributed by atoms with Crippen molar-refractivity contribution in [3.63, 3.8) is 0 Å². The molecule has 1 aromatic heterocycles. The molecule has 4 nitrogen and oxygen atoms in total. The maximum absolute atomic E-state index is 10.9. The predicted octanol–water partition coefficient (Wildman–Crippen LogP) is 2.61. The Hall–Kier alpha value is -2.10. The fraction of sp³-hybridized carbons (Fsp3) is 0.167. The number of amides is 1. The third-order valence-electron chi connectivity index (χ3n) is 2.22.